The zero-order valence-corrected chi connectivity index (χ0v) is 18.3. The van der Waals surface area contributed by atoms with E-state index in [0.29, 0.717) is 24.4 Å². The number of ether oxygens (including phenoxy) is 1. The lowest BCUT2D eigenvalue weighted by molar-refractivity contribution is -0.189. The normalized spacial score (nSPS) is 14.4. The third kappa shape index (κ3) is 4.52. The number of benzene rings is 1. The number of alkyl halides is 3. The molecular weight excluding hydrogens is 458 g/mol. The van der Waals surface area contributed by atoms with Crippen LogP contribution < -0.4 is 15.7 Å². The van der Waals surface area contributed by atoms with Crippen molar-refractivity contribution >= 4 is 11.7 Å². The lowest BCUT2D eigenvalue weighted by Gasteiger charge is -2.20. The Labute approximate surface area is 191 Å². The third-order valence-electron chi connectivity index (χ3n) is 5.50. The number of hydrogen-bond donors (Lipinski definition) is 1. The number of halogens is 4. The van der Waals surface area contributed by atoms with Crippen LogP contribution in [-0.2, 0) is 13.0 Å². The van der Waals surface area contributed by atoms with Gasteiger partial charge in [-0.25, -0.2) is 14.2 Å². The Kier molecular flexibility index (Phi) is 6.15. The van der Waals surface area contributed by atoms with Gasteiger partial charge in [0.25, 0.3) is 5.91 Å². The van der Waals surface area contributed by atoms with Crippen LogP contribution in [0.15, 0.2) is 35.3 Å². The molecule has 1 aromatic carbocycles. The molecule has 1 atom stereocenters. The number of rotatable bonds is 5. The fraction of sp³-hybridized carbons (Fsp3) is 0.364. The Morgan fingerprint density at radius 2 is 2.03 bits per heavy atom. The number of nitrogens with zero attached hydrogens (tertiary/aromatic N) is 4. The number of nitrogens with one attached hydrogen (secondary N) is 1. The van der Waals surface area contributed by atoms with Crippen molar-refractivity contribution in [3.63, 3.8) is 0 Å². The van der Waals surface area contributed by atoms with E-state index in [-0.39, 0.29) is 5.82 Å². The first-order valence-electron chi connectivity index (χ1n) is 10.5. The molecule has 0 aliphatic carbocycles. The van der Waals surface area contributed by atoms with Crippen molar-refractivity contribution in [2.75, 3.05) is 5.32 Å². The lowest BCUT2D eigenvalue weighted by atomic mass is 10.1. The minimum absolute atomic E-state index is 0.157. The second-order valence-electron chi connectivity index (χ2n) is 7.94. The van der Waals surface area contributed by atoms with E-state index in [1.165, 1.54) is 10.8 Å². The highest BCUT2D eigenvalue weighted by molar-refractivity contribution is 6.06. The smallest absolute Gasteiger partial charge is 0.425 e. The van der Waals surface area contributed by atoms with Crippen molar-refractivity contribution in [3.8, 4) is 11.4 Å². The fourth-order valence-electron chi connectivity index (χ4n) is 3.59. The van der Waals surface area contributed by atoms with Crippen LogP contribution in [-0.4, -0.2) is 37.5 Å². The van der Waals surface area contributed by atoms with Gasteiger partial charge >= 0.3 is 11.9 Å². The molecular formula is C22H21F4N5O3. The average molecular weight is 479 g/mol. The summed E-state index contributed by atoms with van der Waals surface area (Å²) < 4.78 is 62.0. The molecule has 3 aromatic rings. The summed E-state index contributed by atoms with van der Waals surface area (Å²) in [5.41, 5.74) is -0.930. The van der Waals surface area contributed by atoms with Crippen LogP contribution in [0.1, 0.15) is 41.5 Å². The summed E-state index contributed by atoms with van der Waals surface area (Å²) in [6.45, 7) is 2.84. The van der Waals surface area contributed by atoms with Crippen molar-refractivity contribution in [1.82, 2.24) is 19.3 Å². The van der Waals surface area contributed by atoms with Crippen LogP contribution in [0.3, 0.4) is 0 Å². The number of fused-ring (bicyclic) bond motifs is 1. The summed E-state index contributed by atoms with van der Waals surface area (Å²) in [7, 11) is 0. The Morgan fingerprint density at radius 1 is 1.26 bits per heavy atom. The quantitative estimate of drug-likeness (QED) is 0.563. The second kappa shape index (κ2) is 8.92. The molecule has 3 heterocycles. The Balaban J connectivity index is 1.79. The number of aromatic nitrogens is 4. The fourth-order valence-corrected chi connectivity index (χ4v) is 3.59. The van der Waals surface area contributed by atoms with Crippen molar-refractivity contribution in [3.05, 3.63) is 63.7 Å². The van der Waals surface area contributed by atoms with Crippen molar-refractivity contribution < 1.29 is 27.1 Å². The standard InChI is InChI=1S/C22H21F4N5O3/c1-12-6-5-8-27-19(12)28-20(32)14-10-15(23)16(11-17(14)34-13(2)22(24,25)26)31-21(33)30-9-4-3-7-18(30)29-31/h5-6,8,10-11,13H,3-4,7,9H2,1-2H3,(H,27,28,32)/t13-/m0/s1. The van der Waals surface area contributed by atoms with E-state index in [0.717, 1.165) is 36.6 Å². The minimum atomic E-state index is -4.75. The van der Waals surface area contributed by atoms with Gasteiger partial charge in [0.1, 0.15) is 28.9 Å². The van der Waals surface area contributed by atoms with Crippen molar-refractivity contribution in [2.24, 2.45) is 0 Å². The van der Waals surface area contributed by atoms with Crippen LogP contribution in [0, 0.1) is 12.7 Å². The molecule has 1 amide bonds. The predicted octanol–water partition coefficient (Wildman–Crippen LogP) is 3.79. The number of pyridine rings is 1. The topological polar surface area (TPSA) is 91.0 Å². The highest BCUT2D eigenvalue weighted by Gasteiger charge is 2.39. The Hall–Kier alpha value is -3.70. The zero-order chi connectivity index (χ0) is 24.6. The van der Waals surface area contributed by atoms with Crippen LogP contribution in [0.2, 0.25) is 0 Å². The van der Waals surface area contributed by atoms with Crippen molar-refractivity contribution in [1.29, 1.82) is 0 Å². The molecule has 0 saturated heterocycles. The maximum absolute atomic E-state index is 15.1. The largest absolute Gasteiger partial charge is 0.480 e. The second-order valence-corrected chi connectivity index (χ2v) is 7.94. The molecule has 180 valence electrons. The highest BCUT2D eigenvalue weighted by atomic mass is 19.4. The van der Waals surface area contributed by atoms with E-state index in [2.05, 4.69) is 15.4 Å². The molecule has 0 fully saturated rings. The molecule has 8 nitrogen and oxygen atoms in total. The van der Waals surface area contributed by atoms with Gasteiger partial charge in [0.05, 0.1) is 5.56 Å². The molecule has 0 spiro atoms. The molecule has 1 aliphatic heterocycles. The van der Waals surface area contributed by atoms with E-state index in [4.69, 9.17) is 4.74 Å². The molecule has 4 rings (SSSR count). The summed E-state index contributed by atoms with van der Waals surface area (Å²) in [4.78, 5) is 29.6. The van der Waals surface area contributed by atoms with Gasteiger partial charge in [0.2, 0.25) is 0 Å². The maximum atomic E-state index is 15.1. The summed E-state index contributed by atoms with van der Waals surface area (Å²) in [5, 5.41) is 6.59. The SMILES string of the molecule is Cc1cccnc1NC(=O)c1cc(F)c(-n2nc3n(c2=O)CCCC3)cc1O[C@@H](C)C(F)(F)F. The predicted molar refractivity (Wildman–Crippen MR) is 114 cm³/mol. The van der Waals surface area contributed by atoms with Gasteiger partial charge in [-0.2, -0.15) is 17.9 Å². The molecule has 0 bridgehead atoms. The number of amides is 1. The molecule has 12 heteroatoms. The van der Waals surface area contributed by atoms with Gasteiger partial charge in [-0.3, -0.25) is 9.36 Å². The summed E-state index contributed by atoms with van der Waals surface area (Å²) in [5.74, 6) is -1.88. The zero-order valence-electron chi connectivity index (χ0n) is 18.3. The van der Waals surface area contributed by atoms with Crippen LogP contribution >= 0.6 is 0 Å². The number of aryl methyl sites for hydroxylation is 2. The van der Waals surface area contributed by atoms with E-state index < -0.39 is 46.7 Å². The molecule has 0 saturated carbocycles. The maximum Gasteiger partial charge on any atom is 0.425 e. The first-order chi connectivity index (χ1) is 16.1. The Bertz CT molecular complexity index is 1300. The molecule has 0 radical (unpaired) electrons. The van der Waals surface area contributed by atoms with E-state index in [9.17, 15) is 22.8 Å². The molecule has 1 N–H and O–H groups in total. The molecule has 34 heavy (non-hydrogen) atoms. The summed E-state index contributed by atoms with van der Waals surface area (Å²) in [6.07, 6.45) is -3.55. The van der Waals surface area contributed by atoms with Crippen LogP contribution in [0.25, 0.3) is 5.69 Å². The third-order valence-corrected chi connectivity index (χ3v) is 5.50. The minimum Gasteiger partial charge on any atom is -0.480 e. The molecule has 1 aliphatic rings. The highest BCUT2D eigenvalue weighted by Crippen LogP contribution is 2.31. The first kappa shape index (κ1) is 23.5. The van der Waals surface area contributed by atoms with E-state index >= 15 is 4.39 Å². The summed E-state index contributed by atoms with van der Waals surface area (Å²) >= 11 is 0. The van der Waals surface area contributed by atoms with Gasteiger partial charge in [-0.05, 0) is 44.4 Å². The van der Waals surface area contributed by atoms with Crippen LogP contribution in [0.5, 0.6) is 5.75 Å². The van der Waals surface area contributed by atoms with E-state index in [1.807, 2.05) is 0 Å². The van der Waals surface area contributed by atoms with Gasteiger partial charge in [0, 0.05) is 25.2 Å². The van der Waals surface area contributed by atoms with Gasteiger partial charge < -0.3 is 10.1 Å². The Morgan fingerprint density at radius 3 is 2.71 bits per heavy atom. The van der Waals surface area contributed by atoms with Gasteiger partial charge in [-0.15, -0.1) is 5.10 Å². The van der Waals surface area contributed by atoms with E-state index in [1.54, 1.807) is 19.1 Å². The van der Waals surface area contributed by atoms with Crippen LogP contribution in [0.4, 0.5) is 23.4 Å². The van der Waals surface area contributed by atoms with Gasteiger partial charge in [-0.1, -0.05) is 6.07 Å². The monoisotopic (exact) mass is 479 g/mol. The number of carbonyl (C=O) groups excluding carboxylic acids is 1. The van der Waals surface area contributed by atoms with Gasteiger partial charge in [0.15, 0.2) is 6.10 Å². The first-order valence-corrected chi connectivity index (χ1v) is 10.5. The summed E-state index contributed by atoms with van der Waals surface area (Å²) in [6, 6.07) is 4.92. The average Bonchev–Trinajstić information content (AvgIpc) is 3.12. The molecule has 2 aromatic heterocycles. The van der Waals surface area contributed by atoms with Crippen molar-refractivity contribution in [2.45, 2.75) is 51.9 Å². The number of carbonyl (C=O) groups is 1. The molecule has 0 unspecified atom stereocenters. The lowest BCUT2D eigenvalue weighted by Crippen LogP contribution is -2.32. The number of hydrogen-bond acceptors (Lipinski definition) is 5. The number of anilines is 1.